The van der Waals surface area contributed by atoms with E-state index in [1.54, 1.807) is 12.1 Å². The van der Waals surface area contributed by atoms with Gasteiger partial charge < -0.3 is 9.29 Å². The Kier molecular flexibility index (Phi) is 7.32. The minimum atomic E-state index is -2.20. The van der Waals surface area contributed by atoms with E-state index >= 15 is 0 Å². The van der Waals surface area contributed by atoms with Crippen LogP contribution < -0.4 is 56.1 Å². The minimum Gasteiger partial charge on any atom is -0.768 e. The van der Waals surface area contributed by atoms with E-state index in [2.05, 4.69) is 15.9 Å². The molecule has 0 amide bonds. The van der Waals surface area contributed by atoms with Crippen LogP contribution in [0.1, 0.15) is 0 Å². The van der Waals surface area contributed by atoms with Crippen molar-refractivity contribution >= 4 is 27.0 Å². The SMILES string of the molecule is COc1ccc(S(=O)[O-])c(Br)c1.[K+]. The molecule has 0 saturated heterocycles. The van der Waals surface area contributed by atoms with Crippen molar-refractivity contribution in [1.29, 1.82) is 0 Å². The summed E-state index contributed by atoms with van der Waals surface area (Å²) in [5.41, 5.74) is 0. The number of methoxy groups -OCH3 is 1. The summed E-state index contributed by atoms with van der Waals surface area (Å²) in [6, 6.07) is 4.67. The first-order chi connectivity index (χ1) is 5.65. The molecule has 0 saturated carbocycles. The second kappa shape index (κ2) is 6.68. The summed E-state index contributed by atoms with van der Waals surface area (Å²) < 4.78 is 26.5. The zero-order valence-corrected chi connectivity index (χ0v) is 12.8. The van der Waals surface area contributed by atoms with Crippen LogP contribution in [0.2, 0.25) is 0 Å². The van der Waals surface area contributed by atoms with Crippen molar-refractivity contribution in [2.24, 2.45) is 0 Å². The summed E-state index contributed by atoms with van der Waals surface area (Å²) in [4.78, 5) is 0.232. The predicted octanol–water partition coefficient (Wildman–Crippen LogP) is -1.30. The van der Waals surface area contributed by atoms with Crippen LogP contribution in [-0.2, 0) is 11.1 Å². The van der Waals surface area contributed by atoms with E-state index in [1.165, 1.54) is 13.2 Å². The van der Waals surface area contributed by atoms with Crippen molar-refractivity contribution in [2.45, 2.75) is 4.90 Å². The molecule has 0 aliphatic carbocycles. The number of hydrogen-bond donors (Lipinski definition) is 0. The fourth-order valence-electron chi connectivity index (χ4n) is 0.744. The van der Waals surface area contributed by atoms with Gasteiger partial charge in [-0.05, 0) is 45.2 Å². The van der Waals surface area contributed by atoms with Crippen molar-refractivity contribution in [3.8, 4) is 5.75 Å². The van der Waals surface area contributed by atoms with Gasteiger partial charge in [-0.3, -0.25) is 4.21 Å². The van der Waals surface area contributed by atoms with Gasteiger partial charge in [0.15, 0.2) is 0 Å². The zero-order valence-electron chi connectivity index (χ0n) is 7.24. The molecular weight excluding hydrogens is 283 g/mol. The summed E-state index contributed by atoms with van der Waals surface area (Å²) in [5, 5.41) is 0. The Morgan fingerprint density at radius 1 is 1.54 bits per heavy atom. The molecule has 0 aromatic heterocycles. The maximum Gasteiger partial charge on any atom is 1.00 e. The van der Waals surface area contributed by atoms with Crippen molar-refractivity contribution in [3.63, 3.8) is 0 Å². The van der Waals surface area contributed by atoms with Gasteiger partial charge in [-0.15, -0.1) is 0 Å². The van der Waals surface area contributed by atoms with Crippen LogP contribution >= 0.6 is 15.9 Å². The number of hydrogen-bond acceptors (Lipinski definition) is 3. The minimum absolute atomic E-state index is 0. The van der Waals surface area contributed by atoms with E-state index in [0.29, 0.717) is 10.2 Å². The van der Waals surface area contributed by atoms with Gasteiger partial charge in [0.05, 0.1) is 7.11 Å². The number of rotatable bonds is 2. The molecule has 6 heteroatoms. The summed E-state index contributed by atoms with van der Waals surface area (Å²) in [7, 11) is 1.52. The van der Waals surface area contributed by atoms with E-state index in [4.69, 9.17) is 4.74 Å². The molecule has 1 aromatic carbocycles. The third kappa shape index (κ3) is 4.09. The molecule has 1 unspecified atom stereocenters. The van der Waals surface area contributed by atoms with Crippen molar-refractivity contribution in [3.05, 3.63) is 22.7 Å². The summed E-state index contributed by atoms with van der Waals surface area (Å²) >= 11 is 0.912. The van der Waals surface area contributed by atoms with E-state index in [9.17, 15) is 8.76 Å². The molecule has 0 radical (unpaired) electrons. The normalized spacial score (nSPS) is 11.6. The van der Waals surface area contributed by atoms with Gasteiger partial charge in [-0.25, -0.2) is 0 Å². The summed E-state index contributed by atoms with van der Waals surface area (Å²) in [5.74, 6) is 0.621. The van der Waals surface area contributed by atoms with Crippen LogP contribution in [0.15, 0.2) is 27.6 Å². The smallest absolute Gasteiger partial charge is 0.768 e. The quantitative estimate of drug-likeness (QED) is 0.502. The van der Waals surface area contributed by atoms with Crippen molar-refractivity contribution in [2.75, 3.05) is 7.11 Å². The molecule has 0 heterocycles. The Labute approximate surface area is 130 Å². The fourth-order valence-corrected chi connectivity index (χ4v) is 1.90. The Bertz CT molecular complexity index is 319. The summed E-state index contributed by atoms with van der Waals surface area (Å²) in [6.07, 6.45) is 0. The van der Waals surface area contributed by atoms with Crippen LogP contribution in [0.25, 0.3) is 0 Å². The molecule has 0 N–H and O–H groups in total. The van der Waals surface area contributed by atoms with E-state index in [-0.39, 0.29) is 56.3 Å². The van der Waals surface area contributed by atoms with Gasteiger partial charge in [0.25, 0.3) is 0 Å². The van der Waals surface area contributed by atoms with E-state index in [1.807, 2.05) is 0 Å². The first-order valence-electron chi connectivity index (χ1n) is 3.08. The Hall–Kier alpha value is 1.25. The monoisotopic (exact) mass is 288 g/mol. The van der Waals surface area contributed by atoms with E-state index < -0.39 is 11.1 Å². The number of benzene rings is 1. The van der Waals surface area contributed by atoms with Crippen LogP contribution in [0.3, 0.4) is 0 Å². The molecule has 0 aliphatic heterocycles. The largest absolute Gasteiger partial charge is 1.00 e. The van der Waals surface area contributed by atoms with Crippen LogP contribution in [0.4, 0.5) is 0 Å². The van der Waals surface area contributed by atoms with E-state index in [0.717, 1.165) is 0 Å². The molecule has 3 nitrogen and oxygen atoms in total. The summed E-state index contributed by atoms with van der Waals surface area (Å²) in [6.45, 7) is 0. The molecule has 1 rings (SSSR count). The van der Waals surface area contributed by atoms with Gasteiger partial charge in [-0.1, -0.05) is 0 Å². The molecule has 1 aromatic rings. The maximum atomic E-state index is 10.6. The zero-order chi connectivity index (χ0) is 9.14. The number of halogens is 1. The van der Waals surface area contributed by atoms with Gasteiger partial charge >= 0.3 is 51.4 Å². The molecule has 0 aliphatic rings. The van der Waals surface area contributed by atoms with Gasteiger partial charge in [-0.2, -0.15) is 0 Å². The molecule has 13 heavy (non-hydrogen) atoms. The molecule has 1 atom stereocenters. The predicted molar refractivity (Wildman–Crippen MR) is 47.9 cm³/mol. The van der Waals surface area contributed by atoms with Crippen molar-refractivity contribution < 1.29 is 64.9 Å². The van der Waals surface area contributed by atoms with Crippen LogP contribution in [0, 0.1) is 0 Å². The average Bonchev–Trinajstić information content (AvgIpc) is 2.03. The fraction of sp³-hybridized carbons (Fsp3) is 0.143. The third-order valence-electron chi connectivity index (χ3n) is 1.32. The Morgan fingerprint density at radius 3 is 2.54 bits per heavy atom. The van der Waals surface area contributed by atoms with Crippen LogP contribution in [0.5, 0.6) is 5.75 Å². The third-order valence-corrected chi connectivity index (χ3v) is 2.95. The second-order valence-electron chi connectivity index (χ2n) is 2.03. The van der Waals surface area contributed by atoms with Crippen LogP contribution in [-0.4, -0.2) is 15.9 Å². The maximum absolute atomic E-state index is 10.6. The first-order valence-corrected chi connectivity index (χ1v) is 4.94. The number of ether oxygens (including phenoxy) is 1. The molecular formula is C7H6BrKO3S. The molecule has 0 spiro atoms. The average molecular weight is 289 g/mol. The molecule has 66 valence electrons. The Morgan fingerprint density at radius 2 is 2.15 bits per heavy atom. The molecule has 0 bridgehead atoms. The van der Waals surface area contributed by atoms with Gasteiger partial charge in [0.1, 0.15) is 5.75 Å². The Balaban J connectivity index is 0.00000144. The van der Waals surface area contributed by atoms with Gasteiger partial charge in [0, 0.05) is 9.37 Å². The molecule has 0 fully saturated rings. The van der Waals surface area contributed by atoms with Crippen molar-refractivity contribution in [1.82, 2.24) is 0 Å². The topological polar surface area (TPSA) is 49.4 Å². The van der Waals surface area contributed by atoms with Gasteiger partial charge in [0.2, 0.25) is 0 Å². The standard InChI is InChI=1S/C7H7BrO3S.K/c1-11-5-2-3-7(12(9)10)6(8)4-5;/h2-4H,1H3,(H,9,10);/q;+1/p-1. The first kappa shape index (κ1) is 14.2. The second-order valence-corrected chi connectivity index (χ2v) is 3.79.